The van der Waals surface area contributed by atoms with Crippen molar-refractivity contribution in [2.75, 3.05) is 13.2 Å². The summed E-state index contributed by atoms with van der Waals surface area (Å²) in [6, 6.07) is 6.39. The summed E-state index contributed by atoms with van der Waals surface area (Å²) in [4.78, 5) is 38.8. The van der Waals surface area contributed by atoms with E-state index in [1.54, 1.807) is 24.3 Å². The second-order valence-corrected chi connectivity index (χ2v) is 3.45. The summed E-state index contributed by atoms with van der Waals surface area (Å²) in [7, 11) is 0. The lowest BCUT2D eigenvalue weighted by molar-refractivity contribution is -0.0997. The van der Waals surface area contributed by atoms with Gasteiger partial charge in [0.15, 0.2) is 0 Å². The number of nitrogens with zero attached hydrogens (tertiary/aromatic N) is 1. The molecule has 1 heterocycles. The van der Waals surface area contributed by atoms with Gasteiger partial charge in [0.2, 0.25) is 0 Å². The molecule has 1 aliphatic heterocycles. The van der Waals surface area contributed by atoms with Crippen LogP contribution in [-0.2, 0) is 9.57 Å². The van der Waals surface area contributed by atoms with E-state index in [0.717, 1.165) is 0 Å². The molecule has 0 saturated heterocycles. The fourth-order valence-electron chi connectivity index (χ4n) is 1.56. The van der Waals surface area contributed by atoms with Crippen molar-refractivity contribution in [2.45, 2.75) is 0 Å². The van der Waals surface area contributed by atoms with Gasteiger partial charge >= 0.3 is 6.09 Å². The smallest absolute Gasteiger partial charge is 0.404 e. The standard InChI is InChI=1S/C11H10N2O5/c12-11(16)17-5-6-18-13-9(14)7-3-1-2-4-8(7)10(13)15/h1-4H,5-6H2,(H2,12,16). The number of carbonyl (C=O) groups is 3. The largest absolute Gasteiger partial charge is 0.447 e. The fraction of sp³-hybridized carbons (Fsp3) is 0.182. The van der Waals surface area contributed by atoms with E-state index < -0.39 is 17.9 Å². The van der Waals surface area contributed by atoms with Crippen LogP contribution in [0.15, 0.2) is 24.3 Å². The van der Waals surface area contributed by atoms with Gasteiger partial charge in [-0.1, -0.05) is 12.1 Å². The Hall–Kier alpha value is -2.41. The Bertz CT molecular complexity index is 479. The summed E-state index contributed by atoms with van der Waals surface area (Å²) >= 11 is 0. The molecule has 0 radical (unpaired) electrons. The number of primary amides is 1. The molecule has 0 aromatic heterocycles. The second kappa shape index (κ2) is 4.84. The zero-order valence-corrected chi connectivity index (χ0v) is 9.29. The number of benzene rings is 1. The topological polar surface area (TPSA) is 98.9 Å². The minimum atomic E-state index is -0.944. The Labute approximate surface area is 102 Å². The van der Waals surface area contributed by atoms with Crippen LogP contribution in [0, 0.1) is 0 Å². The molecule has 0 unspecified atom stereocenters. The number of amides is 3. The van der Waals surface area contributed by atoms with Crippen molar-refractivity contribution in [1.82, 2.24) is 5.06 Å². The van der Waals surface area contributed by atoms with E-state index >= 15 is 0 Å². The highest BCUT2D eigenvalue weighted by Gasteiger charge is 2.36. The summed E-state index contributed by atoms with van der Waals surface area (Å²) in [5.41, 5.74) is 5.33. The van der Waals surface area contributed by atoms with E-state index in [1.165, 1.54) is 0 Å². The van der Waals surface area contributed by atoms with Crippen molar-refractivity contribution in [1.29, 1.82) is 0 Å². The third-order valence-electron chi connectivity index (χ3n) is 2.30. The van der Waals surface area contributed by atoms with Crippen molar-refractivity contribution >= 4 is 17.9 Å². The molecule has 7 heteroatoms. The van der Waals surface area contributed by atoms with Crippen molar-refractivity contribution in [2.24, 2.45) is 5.73 Å². The van der Waals surface area contributed by atoms with Gasteiger partial charge in [0.25, 0.3) is 11.8 Å². The van der Waals surface area contributed by atoms with Gasteiger partial charge in [-0.05, 0) is 12.1 Å². The van der Waals surface area contributed by atoms with Gasteiger partial charge in [-0.2, -0.15) is 0 Å². The quantitative estimate of drug-likeness (QED) is 0.612. The number of fused-ring (bicyclic) bond motifs is 1. The lowest BCUT2D eigenvalue weighted by Gasteiger charge is -2.12. The van der Waals surface area contributed by atoms with Crippen LogP contribution in [0.25, 0.3) is 0 Å². The van der Waals surface area contributed by atoms with Gasteiger partial charge in [-0.15, -0.1) is 5.06 Å². The number of imide groups is 1. The Kier molecular flexibility index (Phi) is 3.24. The summed E-state index contributed by atoms with van der Waals surface area (Å²) in [6.07, 6.45) is -0.944. The molecule has 0 saturated carbocycles. The first-order valence-electron chi connectivity index (χ1n) is 5.14. The molecule has 1 aliphatic rings. The normalized spacial score (nSPS) is 13.7. The maximum Gasteiger partial charge on any atom is 0.404 e. The lowest BCUT2D eigenvalue weighted by atomic mass is 10.1. The highest BCUT2D eigenvalue weighted by molar-refractivity contribution is 6.20. The predicted molar refractivity (Wildman–Crippen MR) is 58.4 cm³/mol. The molecule has 0 spiro atoms. The van der Waals surface area contributed by atoms with Crippen LogP contribution >= 0.6 is 0 Å². The minimum absolute atomic E-state index is 0.131. The zero-order chi connectivity index (χ0) is 13.1. The molecule has 3 amide bonds. The third-order valence-corrected chi connectivity index (χ3v) is 2.30. The number of hydroxylamine groups is 2. The summed E-state index contributed by atoms with van der Waals surface area (Å²) in [6.45, 7) is -0.267. The molecule has 0 atom stereocenters. The lowest BCUT2D eigenvalue weighted by Crippen LogP contribution is -2.31. The van der Waals surface area contributed by atoms with E-state index in [4.69, 9.17) is 10.6 Å². The Morgan fingerprint density at radius 3 is 2.17 bits per heavy atom. The average molecular weight is 250 g/mol. The highest BCUT2D eigenvalue weighted by atomic mass is 16.7. The Morgan fingerprint density at radius 2 is 1.67 bits per heavy atom. The first-order valence-corrected chi connectivity index (χ1v) is 5.14. The van der Waals surface area contributed by atoms with Crippen molar-refractivity contribution < 1.29 is 24.0 Å². The van der Waals surface area contributed by atoms with E-state index in [9.17, 15) is 14.4 Å². The van der Waals surface area contributed by atoms with E-state index in [-0.39, 0.29) is 13.2 Å². The fourth-order valence-corrected chi connectivity index (χ4v) is 1.56. The minimum Gasteiger partial charge on any atom is -0.447 e. The van der Waals surface area contributed by atoms with Gasteiger partial charge in [-0.25, -0.2) is 4.79 Å². The first kappa shape index (κ1) is 12.1. The number of nitrogens with two attached hydrogens (primary N) is 1. The molecular weight excluding hydrogens is 240 g/mol. The number of ether oxygens (including phenoxy) is 1. The summed E-state index contributed by atoms with van der Waals surface area (Å²) in [5, 5.41) is 0.648. The SMILES string of the molecule is NC(=O)OCCON1C(=O)c2ccccc2C1=O. The van der Waals surface area contributed by atoms with Crippen molar-refractivity contribution in [3.05, 3.63) is 35.4 Å². The van der Waals surface area contributed by atoms with Crippen LogP contribution in [-0.4, -0.2) is 36.2 Å². The highest BCUT2D eigenvalue weighted by Crippen LogP contribution is 2.22. The van der Waals surface area contributed by atoms with Crippen LogP contribution in [0.1, 0.15) is 20.7 Å². The Balaban J connectivity index is 1.99. The van der Waals surface area contributed by atoms with E-state index in [2.05, 4.69) is 4.74 Å². The van der Waals surface area contributed by atoms with Crippen LogP contribution < -0.4 is 5.73 Å². The van der Waals surface area contributed by atoms with Gasteiger partial charge in [-0.3, -0.25) is 14.4 Å². The van der Waals surface area contributed by atoms with Gasteiger partial charge in [0.05, 0.1) is 11.1 Å². The molecule has 1 aromatic carbocycles. The second-order valence-electron chi connectivity index (χ2n) is 3.45. The van der Waals surface area contributed by atoms with Crippen molar-refractivity contribution in [3.63, 3.8) is 0 Å². The molecule has 0 bridgehead atoms. The van der Waals surface area contributed by atoms with Crippen LogP contribution in [0.4, 0.5) is 4.79 Å². The third kappa shape index (κ3) is 2.16. The van der Waals surface area contributed by atoms with Crippen LogP contribution in [0.3, 0.4) is 0 Å². The predicted octanol–water partition coefficient (Wildman–Crippen LogP) is 0.309. The molecule has 18 heavy (non-hydrogen) atoms. The molecule has 94 valence electrons. The number of carbonyl (C=O) groups excluding carboxylic acids is 3. The Morgan fingerprint density at radius 1 is 1.11 bits per heavy atom. The van der Waals surface area contributed by atoms with E-state index in [0.29, 0.717) is 16.2 Å². The molecule has 1 aromatic rings. The van der Waals surface area contributed by atoms with Gasteiger partial charge in [0, 0.05) is 0 Å². The summed E-state index contributed by atoms with van der Waals surface area (Å²) < 4.78 is 4.41. The maximum atomic E-state index is 11.8. The van der Waals surface area contributed by atoms with Crippen LogP contribution in [0.5, 0.6) is 0 Å². The van der Waals surface area contributed by atoms with Crippen molar-refractivity contribution in [3.8, 4) is 0 Å². The number of hydrogen-bond donors (Lipinski definition) is 1. The zero-order valence-electron chi connectivity index (χ0n) is 9.29. The summed E-state index contributed by atoms with van der Waals surface area (Å²) in [5.74, 6) is -1.07. The molecular formula is C11H10N2O5. The van der Waals surface area contributed by atoms with Gasteiger partial charge in [0.1, 0.15) is 13.2 Å². The van der Waals surface area contributed by atoms with E-state index in [1.807, 2.05) is 0 Å². The molecule has 7 nitrogen and oxygen atoms in total. The number of rotatable bonds is 4. The molecule has 0 aliphatic carbocycles. The molecule has 2 N–H and O–H groups in total. The monoisotopic (exact) mass is 250 g/mol. The first-order chi connectivity index (χ1) is 8.61. The molecule has 0 fully saturated rings. The molecule has 2 rings (SSSR count). The van der Waals surface area contributed by atoms with Gasteiger partial charge < -0.3 is 10.5 Å². The van der Waals surface area contributed by atoms with Crippen LogP contribution in [0.2, 0.25) is 0 Å². The number of hydrogen-bond acceptors (Lipinski definition) is 5. The maximum absolute atomic E-state index is 11.8. The average Bonchev–Trinajstić information content (AvgIpc) is 2.59.